The first kappa shape index (κ1) is 16.4. The highest BCUT2D eigenvalue weighted by molar-refractivity contribution is 5.72. The van der Waals surface area contributed by atoms with Gasteiger partial charge in [-0.3, -0.25) is 4.79 Å². The zero-order valence-corrected chi connectivity index (χ0v) is 12.9. The summed E-state index contributed by atoms with van der Waals surface area (Å²) in [5, 5.41) is 7.04. The highest BCUT2D eigenvalue weighted by Gasteiger charge is 2.26. The first-order valence-corrected chi connectivity index (χ1v) is 7.57. The van der Waals surface area contributed by atoms with Crippen molar-refractivity contribution in [2.24, 2.45) is 5.92 Å². The molecule has 19 heavy (non-hydrogen) atoms. The number of carbonyl (C=O) groups excluding carboxylic acids is 1. The molecule has 4 nitrogen and oxygen atoms in total. The molecule has 1 fully saturated rings. The predicted molar refractivity (Wildman–Crippen MR) is 78.1 cm³/mol. The van der Waals surface area contributed by atoms with Crippen LogP contribution in [0.2, 0.25) is 0 Å². The maximum absolute atomic E-state index is 11.6. The average Bonchev–Trinajstić information content (AvgIpc) is 2.34. The van der Waals surface area contributed by atoms with Crippen LogP contribution in [0.4, 0.5) is 0 Å². The van der Waals surface area contributed by atoms with Gasteiger partial charge in [0.15, 0.2) is 0 Å². The maximum atomic E-state index is 11.6. The summed E-state index contributed by atoms with van der Waals surface area (Å²) in [7, 11) is 0. The van der Waals surface area contributed by atoms with Crippen molar-refractivity contribution in [1.29, 1.82) is 0 Å². The summed E-state index contributed by atoms with van der Waals surface area (Å²) in [5.74, 6) is 0.126. The Morgan fingerprint density at radius 1 is 1.16 bits per heavy atom. The second kappa shape index (κ2) is 7.85. The highest BCUT2D eigenvalue weighted by Crippen LogP contribution is 2.25. The standard InChI is InChI=1S/C15H30N2O2/c1-5-19-14(18)12-6-8-13(9-7-12)16-10-11-17-15(2,3)4/h12-13,16-17H,5-11H2,1-4H3. The van der Waals surface area contributed by atoms with E-state index in [4.69, 9.17) is 4.74 Å². The SMILES string of the molecule is CCOC(=O)C1CCC(NCCNC(C)(C)C)CC1. The molecule has 0 aromatic rings. The van der Waals surface area contributed by atoms with Gasteiger partial charge in [0.1, 0.15) is 0 Å². The summed E-state index contributed by atoms with van der Waals surface area (Å²) in [4.78, 5) is 11.6. The van der Waals surface area contributed by atoms with Crippen molar-refractivity contribution in [3.63, 3.8) is 0 Å². The molecule has 0 saturated heterocycles. The van der Waals surface area contributed by atoms with Gasteiger partial charge in [0.05, 0.1) is 12.5 Å². The molecule has 1 aliphatic carbocycles. The topological polar surface area (TPSA) is 50.4 Å². The van der Waals surface area contributed by atoms with E-state index in [0.717, 1.165) is 38.8 Å². The Kier molecular flexibility index (Phi) is 6.80. The molecule has 0 unspecified atom stereocenters. The first-order valence-electron chi connectivity index (χ1n) is 7.57. The van der Waals surface area contributed by atoms with Crippen LogP contribution >= 0.6 is 0 Å². The van der Waals surface area contributed by atoms with Crippen molar-refractivity contribution < 1.29 is 9.53 Å². The third-order valence-electron chi connectivity index (χ3n) is 3.56. The number of carbonyl (C=O) groups is 1. The Labute approximate surface area is 117 Å². The lowest BCUT2D eigenvalue weighted by Gasteiger charge is -2.28. The Bertz CT molecular complexity index is 266. The second-order valence-electron chi connectivity index (χ2n) is 6.43. The van der Waals surface area contributed by atoms with Crippen molar-refractivity contribution in [3.8, 4) is 0 Å². The molecule has 112 valence electrons. The molecule has 0 bridgehead atoms. The third kappa shape index (κ3) is 6.92. The van der Waals surface area contributed by atoms with Crippen LogP contribution in [0.25, 0.3) is 0 Å². The van der Waals surface area contributed by atoms with E-state index < -0.39 is 0 Å². The zero-order valence-electron chi connectivity index (χ0n) is 12.9. The van der Waals surface area contributed by atoms with Crippen LogP contribution in [-0.4, -0.2) is 37.2 Å². The van der Waals surface area contributed by atoms with Gasteiger partial charge in [0, 0.05) is 24.7 Å². The number of hydrogen-bond acceptors (Lipinski definition) is 4. The molecule has 0 amide bonds. The predicted octanol–water partition coefficient (Wildman–Crippen LogP) is 2.09. The minimum absolute atomic E-state index is 0.00431. The number of esters is 1. The zero-order chi connectivity index (χ0) is 14.3. The summed E-state index contributed by atoms with van der Waals surface area (Å²) < 4.78 is 5.08. The van der Waals surface area contributed by atoms with Gasteiger partial charge in [0.25, 0.3) is 0 Å². The van der Waals surface area contributed by atoms with E-state index in [-0.39, 0.29) is 17.4 Å². The van der Waals surface area contributed by atoms with Gasteiger partial charge in [-0.2, -0.15) is 0 Å². The fraction of sp³-hybridized carbons (Fsp3) is 0.933. The Hall–Kier alpha value is -0.610. The van der Waals surface area contributed by atoms with Crippen molar-refractivity contribution in [3.05, 3.63) is 0 Å². The molecule has 0 aromatic carbocycles. The molecule has 1 saturated carbocycles. The largest absolute Gasteiger partial charge is 0.466 e. The molecule has 0 spiro atoms. The van der Waals surface area contributed by atoms with Crippen molar-refractivity contribution >= 4 is 5.97 Å². The summed E-state index contributed by atoms with van der Waals surface area (Å²) in [6, 6.07) is 0.562. The minimum atomic E-state index is -0.00431. The monoisotopic (exact) mass is 270 g/mol. The van der Waals surface area contributed by atoms with Crippen LogP contribution in [0, 0.1) is 5.92 Å². The first-order chi connectivity index (χ1) is 8.92. The molecule has 0 atom stereocenters. The maximum Gasteiger partial charge on any atom is 0.308 e. The van der Waals surface area contributed by atoms with Crippen molar-refractivity contribution in [2.45, 2.75) is 65.0 Å². The van der Waals surface area contributed by atoms with Gasteiger partial charge >= 0.3 is 5.97 Å². The molecule has 0 heterocycles. The summed E-state index contributed by atoms with van der Waals surface area (Å²) in [6.45, 7) is 10.9. The second-order valence-corrected chi connectivity index (χ2v) is 6.43. The quantitative estimate of drug-likeness (QED) is 0.573. The van der Waals surface area contributed by atoms with Gasteiger partial charge in [-0.1, -0.05) is 0 Å². The van der Waals surface area contributed by atoms with Crippen LogP contribution in [0.3, 0.4) is 0 Å². The van der Waals surface area contributed by atoms with Crippen molar-refractivity contribution in [2.75, 3.05) is 19.7 Å². The molecular weight excluding hydrogens is 240 g/mol. The molecule has 0 radical (unpaired) electrons. The van der Waals surface area contributed by atoms with Gasteiger partial charge in [-0.25, -0.2) is 0 Å². The fourth-order valence-electron chi connectivity index (χ4n) is 2.51. The molecule has 0 aliphatic heterocycles. The number of rotatable bonds is 6. The van der Waals surface area contributed by atoms with E-state index in [0.29, 0.717) is 12.6 Å². The van der Waals surface area contributed by atoms with Gasteiger partial charge in [-0.05, 0) is 53.4 Å². The van der Waals surface area contributed by atoms with Crippen LogP contribution in [0.5, 0.6) is 0 Å². The van der Waals surface area contributed by atoms with Crippen LogP contribution in [-0.2, 0) is 9.53 Å². The van der Waals surface area contributed by atoms with E-state index in [1.165, 1.54) is 0 Å². The lowest BCUT2D eigenvalue weighted by Crippen LogP contribution is -2.43. The lowest BCUT2D eigenvalue weighted by molar-refractivity contribution is -0.149. The van der Waals surface area contributed by atoms with Gasteiger partial charge in [-0.15, -0.1) is 0 Å². The van der Waals surface area contributed by atoms with Crippen LogP contribution < -0.4 is 10.6 Å². The van der Waals surface area contributed by atoms with Crippen LogP contribution in [0.15, 0.2) is 0 Å². The Morgan fingerprint density at radius 2 is 1.79 bits per heavy atom. The van der Waals surface area contributed by atoms with Crippen LogP contribution in [0.1, 0.15) is 53.4 Å². The number of ether oxygens (including phenoxy) is 1. The normalized spacial score (nSPS) is 24.2. The smallest absolute Gasteiger partial charge is 0.308 e. The molecule has 1 rings (SSSR count). The van der Waals surface area contributed by atoms with Gasteiger partial charge in [0.2, 0.25) is 0 Å². The highest BCUT2D eigenvalue weighted by atomic mass is 16.5. The molecule has 4 heteroatoms. The van der Waals surface area contributed by atoms with E-state index >= 15 is 0 Å². The van der Waals surface area contributed by atoms with Crippen molar-refractivity contribution in [1.82, 2.24) is 10.6 Å². The van der Waals surface area contributed by atoms with Gasteiger partial charge < -0.3 is 15.4 Å². The van der Waals surface area contributed by atoms with E-state index in [1.54, 1.807) is 0 Å². The third-order valence-corrected chi connectivity index (χ3v) is 3.56. The Balaban J connectivity index is 2.11. The summed E-state index contributed by atoms with van der Waals surface area (Å²) in [6.07, 6.45) is 4.09. The van der Waals surface area contributed by atoms with E-state index in [2.05, 4.69) is 31.4 Å². The summed E-state index contributed by atoms with van der Waals surface area (Å²) >= 11 is 0. The number of nitrogens with one attached hydrogen (secondary N) is 2. The molecule has 0 aromatic heterocycles. The fourth-order valence-corrected chi connectivity index (χ4v) is 2.51. The number of hydrogen-bond donors (Lipinski definition) is 2. The minimum Gasteiger partial charge on any atom is -0.466 e. The average molecular weight is 270 g/mol. The molecular formula is C15H30N2O2. The Morgan fingerprint density at radius 3 is 2.32 bits per heavy atom. The van der Waals surface area contributed by atoms with E-state index in [9.17, 15) is 4.79 Å². The molecule has 1 aliphatic rings. The lowest BCUT2D eigenvalue weighted by atomic mass is 9.86. The van der Waals surface area contributed by atoms with E-state index in [1.807, 2.05) is 6.92 Å². The molecule has 2 N–H and O–H groups in total. The summed E-state index contributed by atoms with van der Waals surface area (Å²) in [5.41, 5.74) is 0.184.